The van der Waals surface area contributed by atoms with E-state index in [2.05, 4.69) is 37.6 Å². The van der Waals surface area contributed by atoms with Crippen LogP contribution >= 0.6 is 0 Å². The maximum atomic E-state index is 13.3. The van der Waals surface area contributed by atoms with Gasteiger partial charge in [0.05, 0.1) is 24.3 Å². The summed E-state index contributed by atoms with van der Waals surface area (Å²) in [7, 11) is 1.78. The number of nitrogens with one attached hydrogen (secondary N) is 3. The number of amides is 1. The maximum absolute atomic E-state index is 13.3. The van der Waals surface area contributed by atoms with Crippen LogP contribution in [0.3, 0.4) is 0 Å². The van der Waals surface area contributed by atoms with E-state index < -0.39 is 12.3 Å². The predicted molar refractivity (Wildman–Crippen MR) is 114 cm³/mol. The van der Waals surface area contributed by atoms with Gasteiger partial charge in [-0.05, 0) is 12.1 Å². The van der Waals surface area contributed by atoms with Gasteiger partial charge < -0.3 is 20.7 Å². The normalized spacial score (nSPS) is 19.9. The number of carbonyl (C=O) groups excluding carboxylic acids is 1. The lowest BCUT2D eigenvalue weighted by atomic mass is 10.2. The summed E-state index contributed by atoms with van der Waals surface area (Å²) >= 11 is 0. The molecule has 0 bridgehead atoms. The molecule has 0 aromatic carbocycles. The number of carbonyl (C=O) groups is 1. The van der Waals surface area contributed by atoms with Crippen molar-refractivity contribution in [1.29, 1.82) is 0 Å². The number of fused-ring (bicyclic) bond motifs is 1. The largest absolute Gasteiger partial charge is 0.447 e. The van der Waals surface area contributed by atoms with Crippen LogP contribution in [0.15, 0.2) is 37.0 Å². The van der Waals surface area contributed by atoms with E-state index >= 15 is 0 Å². The van der Waals surface area contributed by atoms with Crippen LogP contribution in [0.5, 0.6) is 0 Å². The van der Waals surface area contributed by atoms with Crippen LogP contribution in [0.25, 0.3) is 11.3 Å². The van der Waals surface area contributed by atoms with E-state index in [0.717, 1.165) is 0 Å². The monoisotopic (exact) mass is 424 g/mol. The summed E-state index contributed by atoms with van der Waals surface area (Å²) in [6.07, 6.45) is 0.869. The summed E-state index contributed by atoms with van der Waals surface area (Å²) in [6.45, 7) is 4.82. The van der Waals surface area contributed by atoms with Crippen LogP contribution in [-0.4, -0.2) is 58.1 Å². The van der Waals surface area contributed by atoms with Crippen LogP contribution < -0.4 is 20.9 Å². The molecule has 3 aromatic rings. The first-order chi connectivity index (χ1) is 15.0. The number of halogens is 1. The Balaban J connectivity index is 1.45. The summed E-state index contributed by atoms with van der Waals surface area (Å²) in [6, 6.07) is 6.90. The third-order valence-electron chi connectivity index (χ3n) is 5.15. The third-order valence-corrected chi connectivity index (χ3v) is 5.15. The average molecular weight is 424 g/mol. The van der Waals surface area contributed by atoms with E-state index in [1.54, 1.807) is 42.0 Å². The first kappa shape index (κ1) is 19.1. The van der Waals surface area contributed by atoms with E-state index in [9.17, 15) is 9.18 Å². The molecule has 0 unspecified atom stereocenters. The van der Waals surface area contributed by atoms with Gasteiger partial charge in [0, 0.05) is 25.2 Å². The van der Waals surface area contributed by atoms with Gasteiger partial charge in [-0.1, -0.05) is 12.6 Å². The minimum Gasteiger partial charge on any atom is -0.447 e. The first-order valence-electron chi connectivity index (χ1n) is 9.88. The zero-order valence-electron chi connectivity index (χ0n) is 16.8. The molecule has 5 rings (SSSR count). The number of cyclic esters (lactones) is 1. The number of aromatic nitrogens is 4. The van der Waals surface area contributed by atoms with Crippen molar-refractivity contribution in [1.82, 2.24) is 24.9 Å². The number of anilines is 4. The zero-order valence-corrected chi connectivity index (χ0v) is 16.8. The molecular formula is C20H21FN8O2. The van der Waals surface area contributed by atoms with Crippen LogP contribution in [-0.2, 0) is 4.74 Å². The third kappa shape index (κ3) is 3.58. The van der Waals surface area contributed by atoms with Gasteiger partial charge in [-0.25, -0.2) is 19.2 Å². The van der Waals surface area contributed by atoms with Gasteiger partial charge in [0.15, 0.2) is 5.65 Å². The van der Waals surface area contributed by atoms with Gasteiger partial charge in [0.1, 0.15) is 36.1 Å². The van der Waals surface area contributed by atoms with E-state index in [1.165, 1.54) is 4.90 Å². The standard InChI is InChI=1S/C20H21FN8O2/c1-11(24-14-8-13(14)21)12-10-23-29-18(22-2)9-16(27-19(12)29)25-15-4-3-5-17(26-15)28-6-7-31-20(28)30/h3-5,9-10,13-14,22,24H,1,6-8H2,2H3,(H,25,26,27)/t13-,14+/m1/s1. The number of hydrogen-bond acceptors (Lipinski definition) is 8. The Bertz CT molecular complexity index is 1180. The number of nitrogens with zero attached hydrogens (tertiary/aromatic N) is 5. The van der Waals surface area contributed by atoms with Crippen LogP contribution in [0.1, 0.15) is 12.0 Å². The van der Waals surface area contributed by atoms with Crippen molar-refractivity contribution in [3.05, 3.63) is 42.6 Å². The molecule has 1 aliphatic heterocycles. The molecule has 2 fully saturated rings. The second kappa shape index (κ2) is 7.42. The lowest BCUT2D eigenvalue weighted by Crippen LogP contribution is -2.24. The predicted octanol–water partition coefficient (Wildman–Crippen LogP) is 2.54. The summed E-state index contributed by atoms with van der Waals surface area (Å²) in [5, 5.41) is 13.7. The fourth-order valence-electron chi connectivity index (χ4n) is 3.41. The molecule has 0 radical (unpaired) electrons. The van der Waals surface area contributed by atoms with Crippen molar-refractivity contribution < 1.29 is 13.9 Å². The summed E-state index contributed by atoms with van der Waals surface area (Å²) < 4.78 is 19.9. The Hall–Kier alpha value is -3.89. The summed E-state index contributed by atoms with van der Waals surface area (Å²) in [5.41, 5.74) is 1.81. The minimum atomic E-state index is -0.845. The topological polar surface area (TPSA) is 109 Å². The van der Waals surface area contributed by atoms with Crippen LogP contribution in [0, 0.1) is 0 Å². The highest BCUT2D eigenvalue weighted by Gasteiger charge is 2.38. The molecule has 1 amide bonds. The Morgan fingerprint density at radius 3 is 2.87 bits per heavy atom. The quantitative estimate of drug-likeness (QED) is 0.531. The number of ether oxygens (including phenoxy) is 1. The molecule has 3 N–H and O–H groups in total. The highest BCUT2D eigenvalue weighted by molar-refractivity contribution is 5.88. The van der Waals surface area contributed by atoms with Crippen molar-refractivity contribution in [3.63, 3.8) is 0 Å². The molecule has 10 nitrogen and oxygen atoms in total. The lowest BCUT2D eigenvalue weighted by molar-refractivity contribution is 0.181. The van der Waals surface area contributed by atoms with Crippen molar-refractivity contribution in [2.75, 3.05) is 35.7 Å². The van der Waals surface area contributed by atoms with E-state index in [0.29, 0.717) is 59.8 Å². The molecule has 2 aliphatic rings. The summed E-state index contributed by atoms with van der Waals surface area (Å²) in [4.78, 5) is 22.5. The Morgan fingerprint density at radius 2 is 2.16 bits per heavy atom. The number of alkyl halides is 1. The van der Waals surface area contributed by atoms with Gasteiger partial charge in [-0.2, -0.15) is 9.61 Å². The van der Waals surface area contributed by atoms with Gasteiger partial charge in [-0.15, -0.1) is 0 Å². The van der Waals surface area contributed by atoms with Crippen molar-refractivity contribution in [2.45, 2.75) is 18.6 Å². The van der Waals surface area contributed by atoms with Gasteiger partial charge >= 0.3 is 6.09 Å². The number of pyridine rings is 1. The summed E-state index contributed by atoms with van der Waals surface area (Å²) in [5.74, 6) is 2.23. The van der Waals surface area contributed by atoms with Gasteiger partial charge in [0.25, 0.3) is 0 Å². The number of rotatable bonds is 7. The highest BCUT2D eigenvalue weighted by atomic mass is 19.1. The minimum absolute atomic E-state index is 0.211. The van der Waals surface area contributed by atoms with Gasteiger partial charge in [-0.3, -0.25) is 4.90 Å². The van der Waals surface area contributed by atoms with E-state index in [-0.39, 0.29) is 6.04 Å². The first-order valence-corrected chi connectivity index (χ1v) is 9.88. The molecule has 1 saturated carbocycles. The van der Waals surface area contributed by atoms with E-state index in [1.807, 2.05) is 0 Å². The fraction of sp³-hybridized carbons (Fsp3) is 0.300. The van der Waals surface area contributed by atoms with Gasteiger partial charge in [0.2, 0.25) is 0 Å². The number of hydrogen-bond donors (Lipinski definition) is 3. The SMILES string of the molecule is C=C(N[C@H]1C[C@H]1F)c1cnn2c(NC)cc(Nc3cccc(N4CCOC4=O)n3)nc12. The molecule has 1 saturated heterocycles. The molecule has 4 heterocycles. The van der Waals surface area contributed by atoms with Crippen molar-refractivity contribution in [2.24, 2.45) is 0 Å². The average Bonchev–Trinajstić information content (AvgIpc) is 3.13. The molecule has 1 aliphatic carbocycles. The fourth-order valence-corrected chi connectivity index (χ4v) is 3.41. The second-order valence-corrected chi connectivity index (χ2v) is 7.32. The van der Waals surface area contributed by atoms with Crippen molar-refractivity contribution >= 4 is 40.7 Å². The van der Waals surface area contributed by atoms with Crippen molar-refractivity contribution in [3.8, 4) is 0 Å². The molecule has 11 heteroatoms. The zero-order chi connectivity index (χ0) is 21.5. The molecular weight excluding hydrogens is 403 g/mol. The molecule has 0 spiro atoms. The molecule has 31 heavy (non-hydrogen) atoms. The smallest absolute Gasteiger partial charge is 0.415 e. The van der Waals surface area contributed by atoms with Crippen LogP contribution in [0.2, 0.25) is 0 Å². The molecule has 160 valence electrons. The van der Waals surface area contributed by atoms with E-state index in [4.69, 9.17) is 4.74 Å². The molecule has 2 atom stereocenters. The molecule has 3 aromatic heterocycles. The van der Waals surface area contributed by atoms with Crippen LogP contribution in [0.4, 0.5) is 32.5 Å². The lowest BCUT2D eigenvalue weighted by Gasteiger charge is -2.14. The second-order valence-electron chi connectivity index (χ2n) is 7.32. The Kier molecular flexibility index (Phi) is 4.57. The maximum Gasteiger partial charge on any atom is 0.415 e. The Morgan fingerprint density at radius 1 is 1.32 bits per heavy atom. The Labute approximate surface area is 177 Å². The highest BCUT2D eigenvalue weighted by Crippen LogP contribution is 2.29.